The van der Waals surface area contributed by atoms with Crippen LogP contribution in [0, 0.1) is 0 Å². The van der Waals surface area contributed by atoms with Gasteiger partial charge < -0.3 is 4.90 Å². The molecular weight excluding hydrogens is 338 g/mol. The van der Waals surface area contributed by atoms with E-state index in [9.17, 15) is 0 Å². The second-order valence-electron chi connectivity index (χ2n) is 6.74. The van der Waals surface area contributed by atoms with E-state index in [0.717, 1.165) is 48.2 Å². The second kappa shape index (κ2) is 6.75. The first-order valence-electron chi connectivity index (χ1n) is 9.15. The van der Waals surface area contributed by atoms with E-state index >= 15 is 0 Å². The number of fused-ring (bicyclic) bond motifs is 1. The minimum absolute atomic E-state index is 0.340. The van der Waals surface area contributed by atoms with Gasteiger partial charge in [-0.2, -0.15) is 5.10 Å². The maximum atomic E-state index is 4.96. The summed E-state index contributed by atoms with van der Waals surface area (Å²) in [6.07, 6.45) is 9.18. The molecule has 5 rings (SSSR count). The molecule has 3 aromatic heterocycles. The van der Waals surface area contributed by atoms with Gasteiger partial charge >= 0.3 is 0 Å². The molecule has 0 spiro atoms. The van der Waals surface area contributed by atoms with Gasteiger partial charge in [-0.3, -0.25) is 9.67 Å². The van der Waals surface area contributed by atoms with Crippen molar-refractivity contribution in [1.29, 1.82) is 0 Å². The van der Waals surface area contributed by atoms with E-state index in [-0.39, 0.29) is 0 Å². The van der Waals surface area contributed by atoms with Crippen LogP contribution in [0.1, 0.15) is 12.8 Å². The highest BCUT2D eigenvalue weighted by atomic mass is 15.3. The van der Waals surface area contributed by atoms with Crippen LogP contribution in [-0.2, 0) is 6.54 Å². The molecule has 1 aromatic carbocycles. The van der Waals surface area contributed by atoms with Crippen molar-refractivity contribution in [2.24, 2.45) is 0 Å². The van der Waals surface area contributed by atoms with Crippen molar-refractivity contribution in [3.8, 4) is 11.4 Å². The Labute approximate surface area is 156 Å². The molecule has 27 heavy (non-hydrogen) atoms. The summed E-state index contributed by atoms with van der Waals surface area (Å²) in [4.78, 5) is 20.4. The Kier molecular flexibility index (Phi) is 3.97. The van der Waals surface area contributed by atoms with E-state index in [4.69, 9.17) is 9.97 Å². The van der Waals surface area contributed by atoms with Gasteiger partial charge in [-0.05, 0) is 37.1 Å². The summed E-state index contributed by atoms with van der Waals surface area (Å²) < 4.78 is 1.90. The van der Waals surface area contributed by atoms with Gasteiger partial charge in [-0.25, -0.2) is 15.0 Å². The number of hydrogen-bond donors (Lipinski definition) is 0. The molecule has 4 aromatic rings. The Morgan fingerprint density at radius 3 is 2.85 bits per heavy atom. The number of hydrogen-bond acceptors (Lipinski definition) is 6. The van der Waals surface area contributed by atoms with Gasteiger partial charge in [0.05, 0.1) is 18.1 Å². The average Bonchev–Trinajstić information content (AvgIpc) is 3.40. The van der Waals surface area contributed by atoms with Gasteiger partial charge in [-0.1, -0.05) is 12.1 Å². The van der Waals surface area contributed by atoms with Gasteiger partial charge in [0.25, 0.3) is 0 Å². The molecule has 1 aliphatic rings. The number of nitrogens with zero attached hydrogens (tertiary/aromatic N) is 7. The minimum atomic E-state index is 0.340. The quantitative estimate of drug-likeness (QED) is 0.559. The summed E-state index contributed by atoms with van der Waals surface area (Å²) in [5.41, 5.74) is 1.88. The summed E-state index contributed by atoms with van der Waals surface area (Å²) in [6, 6.07) is 12.5. The Bertz CT molecular complexity index is 1050. The predicted octanol–water partition coefficient (Wildman–Crippen LogP) is 2.95. The molecule has 1 fully saturated rings. The molecule has 0 radical (unpaired) electrons. The highest BCUT2D eigenvalue weighted by molar-refractivity contribution is 5.91. The zero-order valence-corrected chi connectivity index (χ0v) is 14.8. The number of anilines is 1. The maximum absolute atomic E-state index is 4.96. The van der Waals surface area contributed by atoms with E-state index in [2.05, 4.69) is 26.0 Å². The molecule has 4 heterocycles. The van der Waals surface area contributed by atoms with Crippen molar-refractivity contribution in [2.45, 2.75) is 25.4 Å². The molecule has 7 heteroatoms. The van der Waals surface area contributed by atoms with Gasteiger partial charge in [0.15, 0.2) is 5.82 Å². The lowest BCUT2D eigenvalue weighted by Crippen LogP contribution is -2.34. The van der Waals surface area contributed by atoms with Crippen LogP contribution in [0.25, 0.3) is 22.3 Å². The molecule has 7 nitrogen and oxygen atoms in total. The topological polar surface area (TPSA) is 72.6 Å². The van der Waals surface area contributed by atoms with Crippen molar-refractivity contribution < 1.29 is 0 Å². The molecule has 1 aliphatic heterocycles. The van der Waals surface area contributed by atoms with Gasteiger partial charge in [0, 0.05) is 29.9 Å². The molecular formula is C20H19N7. The normalized spacial score (nSPS) is 16.9. The Morgan fingerprint density at radius 1 is 1.04 bits per heavy atom. The molecule has 1 unspecified atom stereocenters. The fourth-order valence-corrected chi connectivity index (χ4v) is 3.75. The summed E-state index contributed by atoms with van der Waals surface area (Å²) >= 11 is 0. The molecule has 0 aliphatic carbocycles. The highest BCUT2D eigenvalue weighted by Crippen LogP contribution is 2.32. The van der Waals surface area contributed by atoms with Crippen LogP contribution in [0.15, 0.2) is 61.4 Å². The summed E-state index contributed by atoms with van der Waals surface area (Å²) in [5.74, 6) is 1.70. The second-order valence-corrected chi connectivity index (χ2v) is 6.74. The zero-order chi connectivity index (χ0) is 18.1. The number of rotatable bonds is 4. The number of para-hydroxylation sites is 1. The van der Waals surface area contributed by atoms with Crippen LogP contribution in [0.3, 0.4) is 0 Å². The SMILES string of the molecule is c1cncc(-c2nc(N3CCCC3Cn3cncn3)c3ccccc3n2)c1. The fraction of sp³-hybridized carbons (Fsp3) is 0.250. The van der Waals surface area contributed by atoms with Crippen LogP contribution < -0.4 is 4.90 Å². The standard InChI is InChI=1S/C20H19N7/c1-2-8-18-17(7-1)20(25-19(24-18)15-5-3-9-21-11-15)27-10-4-6-16(27)12-26-14-22-13-23-26/h1-3,5,7-9,11,13-14,16H,4,6,10,12H2. The summed E-state index contributed by atoms with van der Waals surface area (Å²) in [5, 5.41) is 5.35. The van der Waals surface area contributed by atoms with E-state index < -0.39 is 0 Å². The Balaban J connectivity index is 1.60. The third-order valence-electron chi connectivity index (χ3n) is 5.02. The Hall–Kier alpha value is -3.35. The lowest BCUT2D eigenvalue weighted by Gasteiger charge is -2.27. The molecule has 0 N–H and O–H groups in total. The van der Waals surface area contributed by atoms with Crippen LogP contribution in [-0.4, -0.2) is 42.3 Å². The summed E-state index contributed by atoms with van der Waals surface area (Å²) in [7, 11) is 0. The van der Waals surface area contributed by atoms with Crippen LogP contribution in [0.5, 0.6) is 0 Å². The van der Waals surface area contributed by atoms with Crippen LogP contribution in [0.2, 0.25) is 0 Å². The number of aromatic nitrogens is 6. The zero-order valence-electron chi connectivity index (χ0n) is 14.8. The lowest BCUT2D eigenvalue weighted by molar-refractivity contribution is 0.507. The predicted molar refractivity (Wildman–Crippen MR) is 103 cm³/mol. The lowest BCUT2D eigenvalue weighted by atomic mass is 10.1. The first kappa shape index (κ1) is 15.9. The third kappa shape index (κ3) is 3.01. The molecule has 1 atom stereocenters. The average molecular weight is 357 g/mol. The van der Waals surface area contributed by atoms with E-state index in [0.29, 0.717) is 11.9 Å². The largest absolute Gasteiger partial charge is 0.351 e. The van der Waals surface area contributed by atoms with Crippen LogP contribution >= 0.6 is 0 Å². The first-order valence-corrected chi connectivity index (χ1v) is 9.15. The molecule has 134 valence electrons. The van der Waals surface area contributed by atoms with E-state index in [1.165, 1.54) is 0 Å². The molecule has 0 bridgehead atoms. The van der Waals surface area contributed by atoms with Crippen molar-refractivity contribution in [3.05, 3.63) is 61.4 Å². The maximum Gasteiger partial charge on any atom is 0.163 e. The highest BCUT2D eigenvalue weighted by Gasteiger charge is 2.28. The van der Waals surface area contributed by atoms with Crippen molar-refractivity contribution in [2.75, 3.05) is 11.4 Å². The number of pyridine rings is 1. The van der Waals surface area contributed by atoms with Crippen molar-refractivity contribution in [1.82, 2.24) is 29.7 Å². The molecule has 0 saturated carbocycles. The molecule has 0 amide bonds. The van der Waals surface area contributed by atoms with Crippen molar-refractivity contribution >= 4 is 16.7 Å². The Morgan fingerprint density at radius 2 is 2.00 bits per heavy atom. The molecule has 1 saturated heterocycles. The van der Waals surface area contributed by atoms with E-state index in [1.807, 2.05) is 41.2 Å². The van der Waals surface area contributed by atoms with E-state index in [1.54, 1.807) is 18.9 Å². The van der Waals surface area contributed by atoms with Gasteiger partial charge in [0.2, 0.25) is 0 Å². The number of benzene rings is 1. The van der Waals surface area contributed by atoms with Crippen LogP contribution in [0.4, 0.5) is 5.82 Å². The smallest absolute Gasteiger partial charge is 0.163 e. The third-order valence-corrected chi connectivity index (χ3v) is 5.02. The first-order chi connectivity index (χ1) is 13.4. The fourth-order valence-electron chi connectivity index (χ4n) is 3.75. The minimum Gasteiger partial charge on any atom is -0.351 e. The van der Waals surface area contributed by atoms with Gasteiger partial charge in [0.1, 0.15) is 18.5 Å². The van der Waals surface area contributed by atoms with Gasteiger partial charge in [-0.15, -0.1) is 0 Å². The van der Waals surface area contributed by atoms with Crippen molar-refractivity contribution in [3.63, 3.8) is 0 Å². The monoisotopic (exact) mass is 357 g/mol. The summed E-state index contributed by atoms with van der Waals surface area (Å²) in [6.45, 7) is 1.79.